The Morgan fingerprint density at radius 2 is 2.00 bits per heavy atom. The van der Waals surface area contributed by atoms with Crippen molar-refractivity contribution in [3.05, 3.63) is 12.2 Å². The Morgan fingerprint density at radius 1 is 1.46 bits per heavy atom. The van der Waals surface area contributed by atoms with Crippen LogP contribution in [0.15, 0.2) is 12.2 Å². The van der Waals surface area contributed by atoms with Crippen molar-refractivity contribution < 1.29 is 9.53 Å². The molecule has 0 aliphatic carbocycles. The topological polar surface area (TPSA) is 26.3 Å². The summed E-state index contributed by atoms with van der Waals surface area (Å²) in [5, 5.41) is 0. The van der Waals surface area contributed by atoms with E-state index in [1.54, 1.807) is 6.92 Å². The summed E-state index contributed by atoms with van der Waals surface area (Å²) in [6.07, 6.45) is 1.91. The van der Waals surface area contributed by atoms with Gasteiger partial charge in [-0.3, -0.25) is 0 Å². The number of rotatable bonds is 2. The van der Waals surface area contributed by atoms with Crippen LogP contribution in [0.25, 0.3) is 0 Å². The fourth-order valence-corrected chi connectivity index (χ4v) is 2.57. The van der Waals surface area contributed by atoms with Crippen LogP contribution in [0, 0.1) is 0 Å². The van der Waals surface area contributed by atoms with Crippen molar-refractivity contribution in [3.8, 4) is 0 Å². The smallest absolute Gasteiger partial charge is 0.333 e. The Labute approximate surface area is 83.7 Å². The number of thioether (sulfide) groups is 1. The van der Waals surface area contributed by atoms with Crippen molar-refractivity contribution in [1.82, 2.24) is 0 Å². The van der Waals surface area contributed by atoms with Crippen molar-refractivity contribution in [2.45, 2.75) is 32.3 Å². The van der Waals surface area contributed by atoms with E-state index < -0.39 is 0 Å². The van der Waals surface area contributed by atoms with Gasteiger partial charge >= 0.3 is 5.97 Å². The van der Waals surface area contributed by atoms with Gasteiger partial charge in [0, 0.05) is 5.57 Å². The SMILES string of the molecule is C=C(C)C(=O)OC1(C)CCSCC1. The minimum Gasteiger partial charge on any atom is -0.456 e. The molecule has 0 bridgehead atoms. The van der Waals surface area contributed by atoms with Gasteiger partial charge in [-0.1, -0.05) is 6.58 Å². The Balaban J connectivity index is 2.50. The quantitative estimate of drug-likeness (QED) is 0.506. The van der Waals surface area contributed by atoms with Crippen molar-refractivity contribution in [2.24, 2.45) is 0 Å². The highest BCUT2D eigenvalue weighted by Gasteiger charge is 2.30. The molecular weight excluding hydrogens is 184 g/mol. The maximum Gasteiger partial charge on any atom is 0.333 e. The number of hydrogen-bond acceptors (Lipinski definition) is 3. The molecule has 3 heteroatoms. The summed E-state index contributed by atoms with van der Waals surface area (Å²) in [6, 6.07) is 0. The first-order chi connectivity index (χ1) is 6.03. The molecule has 1 heterocycles. The molecule has 0 N–H and O–H groups in total. The second kappa shape index (κ2) is 4.18. The minimum atomic E-state index is -0.255. The van der Waals surface area contributed by atoms with Crippen LogP contribution in [0.3, 0.4) is 0 Å². The zero-order chi connectivity index (χ0) is 9.90. The second-order valence-corrected chi connectivity index (χ2v) is 4.96. The predicted octanol–water partition coefficient (Wildman–Crippen LogP) is 2.39. The first-order valence-corrected chi connectivity index (χ1v) is 5.66. The molecule has 0 aromatic heterocycles. The lowest BCUT2D eigenvalue weighted by atomic mass is 9.99. The number of carbonyl (C=O) groups excluding carboxylic acids is 1. The second-order valence-electron chi connectivity index (χ2n) is 3.73. The minimum absolute atomic E-state index is 0.249. The highest BCUT2D eigenvalue weighted by atomic mass is 32.2. The first kappa shape index (κ1) is 10.6. The third-order valence-corrected chi connectivity index (χ3v) is 3.22. The number of hydrogen-bond donors (Lipinski definition) is 0. The molecule has 0 aromatic carbocycles. The predicted molar refractivity (Wildman–Crippen MR) is 55.9 cm³/mol. The maximum atomic E-state index is 11.3. The van der Waals surface area contributed by atoms with Crippen LogP contribution in [0.1, 0.15) is 26.7 Å². The van der Waals surface area contributed by atoms with Crippen LogP contribution in [0.2, 0.25) is 0 Å². The fourth-order valence-electron chi connectivity index (χ4n) is 1.22. The molecule has 0 radical (unpaired) electrons. The summed E-state index contributed by atoms with van der Waals surface area (Å²) in [4.78, 5) is 11.3. The van der Waals surface area contributed by atoms with E-state index in [9.17, 15) is 4.79 Å². The number of carbonyl (C=O) groups is 1. The van der Waals surface area contributed by atoms with Crippen molar-refractivity contribution in [1.29, 1.82) is 0 Å². The monoisotopic (exact) mass is 200 g/mol. The average molecular weight is 200 g/mol. The van der Waals surface area contributed by atoms with E-state index in [1.807, 2.05) is 18.7 Å². The molecule has 1 saturated heterocycles. The molecule has 1 aliphatic heterocycles. The molecule has 0 aromatic rings. The maximum absolute atomic E-state index is 11.3. The molecule has 0 spiro atoms. The molecule has 0 unspecified atom stereocenters. The number of esters is 1. The summed E-state index contributed by atoms with van der Waals surface area (Å²) in [5.41, 5.74) is 0.237. The summed E-state index contributed by atoms with van der Waals surface area (Å²) in [5.74, 6) is 1.91. The van der Waals surface area contributed by atoms with Crippen LogP contribution < -0.4 is 0 Å². The Morgan fingerprint density at radius 3 is 2.46 bits per heavy atom. The molecule has 1 aliphatic rings. The van der Waals surface area contributed by atoms with Gasteiger partial charge < -0.3 is 4.74 Å². The van der Waals surface area contributed by atoms with Crippen LogP contribution >= 0.6 is 11.8 Å². The lowest BCUT2D eigenvalue weighted by Gasteiger charge is -2.32. The molecule has 74 valence electrons. The molecule has 0 saturated carbocycles. The van der Waals surface area contributed by atoms with Gasteiger partial charge in [0.15, 0.2) is 0 Å². The van der Waals surface area contributed by atoms with Gasteiger partial charge in [-0.05, 0) is 38.2 Å². The van der Waals surface area contributed by atoms with Gasteiger partial charge in [0.25, 0.3) is 0 Å². The fraction of sp³-hybridized carbons (Fsp3) is 0.700. The highest BCUT2D eigenvalue weighted by molar-refractivity contribution is 7.99. The lowest BCUT2D eigenvalue weighted by molar-refractivity contribution is -0.153. The average Bonchev–Trinajstić information content (AvgIpc) is 2.04. The largest absolute Gasteiger partial charge is 0.456 e. The zero-order valence-corrected chi connectivity index (χ0v) is 9.08. The van der Waals surface area contributed by atoms with Crippen LogP contribution in [-0.2, 0) is 9.53 Å². The lowest BCUT2D eigenvalue weighted by Crippen LogP contribution is -2.35. The zero-order valence-electron chi connectivity index (χ0n) is 8.26. The third kappa shape index (κ3) is 3.07. The number of ether oxygens (including phenoxy) is 1. The Hall–Kier alpha value is -0.440. The molecule has 1 fully saturated rings. The summed E-state index contributed by atoms with van der Waals surface area (Å²) < 4.78 is 5.39. The molecule has 0 atom stereocenters. The van der Waals surface area contributed by atoms with E-state index >= 15 is 0 Å². The Kier molecular flexibility index (Phi) is 3.42. The van der Waals surface area contributed by atoms with E-state index in [4.69, 9.17) is 4.74 Å². The highest BCUT2D eigenvalue weighted by Crippen LogP contribution is 2.30. The first-order valence-electron chi connectivity index (χ1n) is 4.50. The van der Waals surface area contributed by atoms with Gasteiger partial charge in [-0.2, -0.15) is 11.8 Å². The van der Waals surface area contributed by atoms with Gasteiger partial charge in [0.2, 0.25) is 0 Å². The normalized spacial score (nSPS) is 20.8. The van der Waals surface area contributed by atoms with E-state index in [0.29, 0.717) is 5.57 Å². The van der Waals surface area contributed by atoms with Crippen LogP contribution in [0.5, 0.6) is 0 Å². The van der Waals surface area contributed by atoms with E-state index in [1.165, 1.54) is 0 Å². The van der Waals surface area contributed by atoms with Crippen molar-refractivity contribution in [2.75, 3.05) is 11.5 Å². The molecule has 1 rings (SSSR count). The van der Waals surface area contributed by atoms with E-state index in [-0.39, 0.29) is 11.6 Å². The van der Waals surface area contributed by atoms with Crippen molar-refractivity contribution >= 4 is 17.7 Å². The van der Waals surface area contributed by atoms with Gasteiger partial charge in [-0.15, -0.1) is 0 Å². The van der Waals surface area contributed by atoms with E-state index in [2.05, 4.69) is 6.58 Å². The van der Waals surface area contributed by atoms with Gasteiger partial charge in [-0.25, -0.2) is 4.79 Å². The summed E-state index contributed by atoms with van der Waals surface area (Å²) in [6.45, 7) is 7.26. The van der Waals surface area contributed by atoms with Crippen LogP contribution in [0.4, 0.5) is 0 Å². The molecule has 13 heavy (non-hydrogen) atoms. The molecule has 0 amide bonds. The standard InChI is InChI=1S/C10H16O2S/c1-8(2)9(11)12-10(3)4-6-13-7-5-10/h1,4-7H2,2-3H3. The van der Waals surface area contributed by atoms with Gasteiger partial charge in [0.05, 0.1) is 0 Å². The molecule has 2 nitrogen and oxygen atoms in total. The summed E-state index contributed by atoms with van der Waals surface area (Å²) in [7, 11) is 0. The third-order valence-electron chi connectivity index (χ3n) is 2.24. The van der Waals surface area contributed by atoms with Crippen LogP contribution in [-0.4, -0.2) is 23.1 Å². The molecular formula is C10H16O2S. The summed E-state index contributed by atoms with van der Waals surface area (Å²) >= 11 is 1.92. The van der Waals surface area contributed by atoms with Gasteiger partial charge in [0.1, 0.15) is 5.60 Å². The Bertz CT molecular complexity index is 217. The van der Waals surface area contributed by atoms with Crippen molar-refractivity contribution in [3.63, 3.8) is 0 Å². The van der Waals surface area contributed by atoms with E-state index in [0.717, 1.165) is 24.3 Å².